The van der Waals surface area contributed by atoms with Gasteiger partial charge in [-0.2, -0.15) is 10.1 Å². The van der Waals surface area contributed by atoms with Crippen LogP contribution in [0.4, 0.5) is 15.9 Å². The van der Waals surface area contributed by atoms with E-state index < -0.39 is 11.5 Å². The van der Waals surface area contributed by atoms with Crippen LogP contribution in [0.3, 0.4) is 0 Å². The molecule has 1 aromatic carbocycles. The van der Waals surface area contributed by atoms with Gasteiger partial charge in [-0.1, -0.05) is 26.5 Å². The van der Waals surface area contributed by atoms with E-state index in [4.69, 9.17) is 4.98 Å². The Kier molecular flexibility index (Phi) is 6.45. The molecule has 6 heterocycles. The maximum absolute atomic E-state index is 17.0. The molecule has 2 aliphatic rings. The largest absolute Gasteiger partial charge is 0.380 e. The van der Waals surface area contributed by atoms with Crippen LogP contribution >= 0.6 is 0 Å². The summed E-state index contributed by atoms with van der Waals surface area (Å²) in [6.45, 7) is 13.0. The Bertz CT molecular complexity index is 2070. The fraction of sp³-hybridized carbons (Fsp3) is 0.312. The van der Waals surface area contributed by atoms with Crippen molar-refractivity contribution in [3.63, 3.8) is 0 Å². The number of carbonyl (C=O) groups excluding carboxylic acids is 1. The molecule has 2 aliphatic heterocycles. The fourth-order valence-electron chi connectivity index (χ4n) is 6.54. The first kappa shape index (κ1) is 27.7. The maximum Gasteiger partial charge on any atom is 0.355 e. The van der Waals surface area contributed by atoms with E-state index in [9.17, 15) is 9.59 Å². The molecule has 0 bridgehead atoms. The van der Waals surface area contributed by atoms with E-state index in [1.807, 2.05) is 50.8 Å². The lowest BCUT2D eigenvalue weighted by atomic mass is 9.99. The summed E-state index contributed by atoms with van der Waals surface area (Å²) < 4.78 is 18.5. The summed E-state index contributed by atoms with van der Waals surface area (Å²) >= 11 is 0. The van der Waals surface area contributed by atoms with Gasteiger partial charge < -0.3 is 15.1 Å². The third-order valence-corrected chi connectivity index (χ3v) is 8.70. The second-order valence-corrected chi connectivity index (χ2v) is 11.7. The van der Waals surface area contributed by atoms with Gasteiger partial charge in [0, 0.05) is 43.3 Å². The molecule has 1 atom stereocenters. The zero-order valence-electron chi connectivity index (χ0n) is 25.0. The van der Waals surface area contributed by atoms with E-state index in [0.717, 1.165) is 22.0 Å². The molecule has 0 spiro atoms. The summed E-state index contributed by atoms with van der Waals surface area (Å²) in [6.07, 6.45) is 4.68. The number of hydrogen-bond acceptors (Lipinski definition) is 8. The molecule has 1 fully saturated rings. The first-order chi connectivity index (χ1) is 21.2. The topological polar surface area (TPSA) is 125 Å². The Morgan fingerprint density at radius 1 is 1.16 bits per heavy atom. The van der Waals surface area contributed by atoms with Gasteiger partial charge in [-0.05, 0) is 49.1 Å². The van der Waals surface area contributed by atoms with Crippen LogP contribution in [0.1, 0.15) is 36.6 Å². The van der Waals surface area contributed by atoms with Gasteiger partial charge in [0.25, 0.3) is 0 Å². The standard InChI is InChI=1S/C32H32FN9O2/c1-6-22(43)40-11-12-41-19(15-40)13-35-27-24-30(41)38-32(44)42(29-18(5)9-10-34-26(29)16(2)3)31(24)37-28(25(27)33)23-17(4)7-8-21-20(23)14-36-39-21/h6-10,14,16,19,35H,1,11-13,15H2,2-5H3,(H,36,39). The van der Waals surface area contributed by atoms with Crippen LogP contribution in [-0.4, -0.2) is 72.7 Å². The zero-order chi connectivity index (χ0) is 30.9. The second kappa shape index (κ2) is 10.2. The highest BCUT2D eigenvalue weighted by Gasteiger charge is 2.37. The minimum absolute atomic E-state index is 0.0125. The van der Waals surface area contributed by atoms with Gasteiger partial charge in [0.05, 0.1) is 40.2 Å². The Morgan fingerprint density at radius 3 is 2.75 bits per heavy atom. The monoisotopic (exact) mass is 593 g/mol. The molecule has 0 radical (unpaired) electrons. The van der Waals surface area contributed by atoms with E-state index in [1.54, 1.807) is 17.3 Å². The lowest BCUT2D eigenvalue weighted by Crippen LogP contribution is -2.57. The first-order valence-corrected chi connectivity index (χ1v) is 14.7. The summed E-state index contributed by atoms with van der Waals surface area (Å²) in [6, 6.07) is 5.37. The van der Waals surface area contributed by atoms with Crippen molar-refractivity contribution >= 4 is 39.3 Å². The number of benzene rings is 1. The van der Waals surface area contributed by atoms with Gasteiger partial charge in [0.1, 0.15) is 11.5 Å². The first-order valence-electron chi connectivity index (χ1n) is 14.7. The van der Waals surface area contributed by atoms with E-state index in [2.05, 4.69) is 32.1 Å². The highest BCUT2D eigenvalue weighted by molar-refractivity contribution is 6.04. The molecule has 11 nitrogen and oxygen atoms in total. The molecule has 2 N–H and O–H groups in total. The lowest BCUT2D eigenvalue weighted by molar-refractivity contribution is -0.126. The molecular weight excluding hydrogens is 561 g/mol. The number of piperazine rings is 1. The lowest BCUT2D eigenvalue weighted by Gasteiger charge is -2.41. The number of hydrogen-bond donors (Lipinski definition) is 2. The number of pyridine rings is 2. The summed E-state index contributed by atoms with van der Waals surface area (Å²) in [4.78, 5) is 44.6. The molecule has 5 aromatic rings. The van der Waals surface area contributed by atoms with Crippen LogP contribution in [0.25, 0.3) is 38.9 Å². The molecule has 0 saturated carbocycles. The summed E-state index contributed by atoms with van der Waals surface area (Å²) in [5.74, 6) is -0.386. The van der Waals surface area contributed by atoms with Crippen LogP contribution in [0.2, 0.25) is 0 Å². The summed E-state index contributed by atoms with van der Waals surface area (Å²) in [5.41, 5.74) is 4.31. The SMILES string of the molecule is C=CC(=O)N1CCN2c3nc(=O)n(-c4c(C)ccnc4C(C)C)c4nc(-c5c(C)ccc6[nH]ncc56)c(F)c(c34)NCC2C1. The fourth-order valence-corrected chi connectivity index (χ4v) is 6.54. The van der Waals surface area contributed by atoms with Crippen molar-refractivity contribution in [1.82, 2.24) is 34.6 Å². The predicted octanol–water partition coefficient (Wildman–Crippen LogP) is 4.23. The number of aromatic nitrogens is 6. The molecular formula is C32H32FN9O2. The smallest absolute Gasteiger partial charge is 0.355 e. The maximum atomic E-state index is 17.0. The average molecular weight is 594 g/mol. The van der Waals surface area contributed by atoms with Crippen molar-refractivity contribution in [3.8, 4) is 16.9 Å². The van der Waals surface area contributed by atoms with Gasteiger partial charge in [-0.25, -0.2) is 18.7 Å². The Balaban J connectivity index is 1.59. The van der Waals surface area contributed by atoms with Gasteiger partial charge >= 0.3 is 5.69 Å². The normalized spacial score (nSPS) is 16.3. The van der Waals surface area contributed by atoms with E-state index in [-0.39, 0.29) is 34.9 Å². The molecule has 0 aliphatic carbocycles. The molecule has 4 aromatic heterocycles. The van der Waals surface area contributed by atoms with Crippen molar-refractivity contribution in [2.45, 2.75) is 39.7 Å². The van der Waals surface area contributed by atoms with Crippen LogP contribution in [-0.2, 0) is 4.79 Å². The van der Waals surface area contributed by atoms with Crippen LogP contribution < -0.4 is 15.9 Å². The molecule has 44 heavy (non-hydrogen) atoms. The van der Waals surface area contributed by atoms with Crippen molar-refractivity contribution in [2.75, 3.05) is 36.4 Å². The number of amides is 1. The predicted molar refractivity (Wildman–Crippen MR) is 168 cm³/mol. The quantitative estimate of drug-likeness (QED) is 0.297. The summed E-state index contributed by atoms with van der Waals surface area (Å²) in [5, 5.41) is 11.6. The number of anilines is 2. The molecule has 1 unspecified atom stereocenters. The Labute approximate surface area is 252 Å². The number of aromatic amines is 1. The molecule has 1 saturated heterocycles. The van der Waals surface area contributed by atoms with Crippen molar-refractivity contribution < 1.29 is 9.18 Å². The third kappa shape index (κ3) is 4.08. The van der Waals surface area contributed by atoms with Gasteiger partial charge in [-0.15, -0.1) is 0 Å². The number of fused-ring (bicyclic) bond motifs is 3. The average Bonchev–Trinajstić information content (AvgIpc) is 3.42. The minimum atomic E-state index is -0.548. The third-order valence-electron chi connectivity index (χ3n) is 8.70. The van der Waals surface area contributed by atoms with E-state index in [1.165, 1.54) is 10.6 Å². The van der Waals surface area contributed by atoms with Crippen LogP contribution in [0.15, 0.2) is 48.0 Å². The minimum Gasteiger partial charge on any atom is -0.380 e. The number of H-pyrrole nitrogens is 1. The van der Waals surface area contributed by atoms with Crippen LogP contribution in [0, 0.1) is 19.7 Å². The molecule has 7 rings (SSSR count). The van der Waals surface area contributed by atoms with Crippen molar-refractivity contribution in [1.29, 1.82) is 0 Å². The Morgan fingerprint density at radius 2 is 1.98 bits per heavy atom. The van der Waals surface area contributed by atoms with E-state index >= 15 is 4.39 Å². The molecule has 1 amide bonds. The Hall–Kier alpha value is -5.13. The van der Waals surface area contributed by atoms with Gasteiger partial charge in [0.2, 0.25) is 5.91 Å². The summed E-state index contributed by atoms with van der Waals surface area (Å²) in [7, 11) is 0. The number of nitrogens with one attached hydrogen (secondary N) is 2. The molecule has 12 heteroatoms. The zero-order valence-corrected chi connectivity index (χ0v) is 25.0. The number of rotatable bonds is 4. The van der Waals surface area contributed by atoms with Gasteiger partial charge in [-0.3, -0.25) is 14.9 Å². The highest BCUT2D eigenvalue weighted by atomic mass is 19.1. The number of nitrogens with zero attached hydrogens (tertiary/aromatic N) is 7. The second-order valence-electron chi connectivity index (χ2n) is 11.7. The number of halogens is 1. The van der Waals surface area contributed by atoms with E-state index in [0.29, 0.717) is 54.3 Å². The van der Waals surface area contributed by atoms with Crippen molar-refractivity contribution in [2.24, 2.45) is 0 Å². The highest BCUT2D eigenvalue weighted by Crippen LogP contribution is 2.42. The van der Waals surface area contributed by atoms with Gasteiger partial charge in [0.15, 0.2) is 11.5 Å². The molecule has 224 valence electrons. The number of carbonyl (C=O) groups is 1. The van der Waals surface area contributed by atoms with Crippen molar-refractivity contribution in [3.05, 3.63) is 76.4 Å². The van der Waals surface area contributed by atoms with Crippen LogP contribution in [0.5, 0.6) is 0 Å². The number of aryl methyl sites for hydroxylation is 2.